The van der Waals surface area contributed by atoms with Gasteiger partial charge in [0.1, 0.15) is 5.82 Å². The van der Waals surface area contributed by atoms with Crippen molar-refractivity contribution in [1.29, 1.82) is 0 Å². The third-order valence-corrected chi connectivity index (χ3v) is 8.64. The first-order chi connectivity index (χ1) is 17.7. The Morgan fingerprint density at radius 2 is 1.69 bits per heavy atom. The predicted octanol–water partition coefficient (Wildman–Crippen LogP) is 6.40. The number of hydrogen-bond acceptors (Lipinski definition) is 5. The smallest absolute Gasteiger partial charge is 0.171 e. The van der Waals surface area contributed by atoms with Gasteiger partial charge in [-0.3, -0.25) is 4.98 Å². The van der Waals surface area contributed by atoms with Crippen molar-refractivity contribution in [3.05, 3.63) is 88.4 Å². The quantitative estimate of drug-likeness (QED) is 0.304. The molecule has 1 aliphatic carbocycles. The SMILES string of the molecule is Brc1cnn2c(NCc3cccnc3)cc(C3CCN(C4CCC(c5ccccc5)CC4)CC3)nc12. The normalized spacial score (nSPS) is 21.6. The van der Waals surface area contributed by atoms with Crippen LogP contribution in [0.2, 0.25) is 0 Å². The van der Waals surface area contributed by atoms with Crippen LogP contribution < -0.4 is 5.32 Å². The van der Waals surface area contributed by atoms with Crippen molar-refractivity contribution in [1.82, 2.24) is 24.5 Å². The lowest BCUT2D eigenvalue weighted by molar-refractivity contribution is 0.116. The number of piperidine rings is 1. The number of aromatic nitrogens is 4. The van der Waals surface area contributed by atoms with Crippen LogP contribution in [0, 0.1) is 0 Å². The van der Waals surface area contributed by atoms with Crippen molar-refractivity contribution in [3.8, 4) is 0 Å². The van der Waals surface area contributed by atoms with Crippen molar-refractivity contribution in [2.75, 3.05) is 18.4 Å². The lowest BCUT2D eigenvalue weighted by Gasteiger charge is -2.41. The van der Waals surface area contributed by atoms with Gasteiger partial charge in [0.05, 0.1) is 10.7 Å². The van der Waals surface area contributed by atoms with E-state index in [1.54, 1.807) is 6.20 Å². The lowest BCUT2D eigenvalue weighted by Crippen LogP contribution is -2.42. The van der Waals surface area contributed by atoms with Crippen LogP contribution in [0.5, 0.6) is 0 Å². The van der Waals surface area contributed by atoms with E-state index < -0.39 is 0 Å². The molecule has 0 atom stereocenters. The number of pyridine rings is 1. The summed E-state index contributed by atoms with van der Waals surface area (Å²) in [7, 11) is 0. The molecule has 186 valence electrons. The van der Waals surface area contributed by atoms with Crippen molar-refractivity contribution in [2.45, 2.75) is 62.9 Å². The Kier molecular flexibility index (Phi) is 7.01. The Labute approximate surface area is 221 Å². The Bertz CT molecular complexity index is 1280. The minimum atomic E-state index is 0.479. The summed E-state index contributed by atoms with van der Waals surface area (Å²) in [5.41, 5.74) is 4.72. The maximum atomic E-state index is 5.04. The van der Waals surface area contributed by atoms with Crippen LogP contribution in [0.1, 0.15) is 67.2 Å². The molecule has 0 bridgehead atoms. The fourth-order valence-corrected chi connectivity index (χ4v) is 6.39. The topological polar surface area (TPSA) is 58.4 Å². The number of halogens is 1. The highest BCUT2D eigenvalue weighted by molar-refractivity contribution is 9.10. The highest BCUT2D eigenvalue weighted by Crippen LogP contribution is 2.37. The van der Waals surface area contributed by atoms with Crippen LogP contribution in [0.15, 0.2) is 71.6 Å². The maximum Gasteiger partial charge on any atom is 0.171 e. The molecular weight excluding hydrogens is 512 g/mol. The second kappa shape index (κ2) is 10.7. The zero-order chi connectivity index (χ0) is 24.3. The molecule has 6 rings (SSSR count). The lowest BCUT2D eigenvalue weighted by atomic mass is 9.80. The number of hydrogen-bond donors (Lipinski definition) is 1. The zero-order valence-corrected chi connectivity index (χ0v) is 22.1. The van der Waals surface area contributed by atoms with E-state index in [2.05, 4.69) is 78.7 Å². The van der Waals surface area contributed by atoms with Gasteiger partial charge in [0.15, 0.2) is 5.65 Å². The summed E-state index contributed by atoms with van der Waals surface area (Å²) in [5, 5.41) is 8.10. The van der Waals surface area contributed by atoms with E-state index in [1.807, 2.05) is 23.0 Å². The number of benzene rings is 1. The number of likely N-dealkylation sites (tertiary alicyclic amines) is 1. The summed E-state index contributed by atoms with van der Waals surface area (Å²) in [6.45, 7) is 3.03. The summed E-state index contributed by atoms with van der Waals surface area (Å²) >= 11 is 3.65. The first kappa shape index (κ1) is 23.6. The van der Waals surface area contributed by atoms with Crippen molar-refractivity contribution < 1.29 is 0 Å². The highest BCUT2D eigenvalue weighted by Gasteiger charge is 2.30. The average Bonchev–Trinajstić information content (AvgIpc) is 3.33. The van der Waals surface area contributed by atoms with E-state index in [0.717, 1.165) is 59.4 Å². The minimum Gasteiger partial charge on any atom is -0.366 e. The van der Waals surface area contributed by atoms with Crippen LogP contribution in [0.3, 0.4) is 0 Å². The van der Waals surface area contributed by atoms with E-state index in [1.165, 1.54) is 36.9 Å². The van der Waals surface area contributed by atoms with E-state index in [0.29, 0.717) is 12.5 Å². The Balaban J connectivity index is 1.10. The average molecular weight is 546 g/mol. The fourth-order valence-electron chi connectivity index (χ4n) is 6.05. The molecule has 0 unspecified atom stereocenters. The van der Waals surface area contributed by atoms with Crippen molar-refractivity contribution in [3.63, 3.8) is 0 Å². The van der Waals surface area contributed by atoms with Gasteiger partial charge in [-0.1, -0.05) is 36.4 Å². The van der Waals surface area contributed by atoms with E-state index >= 15 is 0 Å². The molecular formula is C29H33BrN6. The van der Waals surface area contributed by atoms with E-state index in [9.17, 15) is 0 Å². The number of nitrogens with zero attached hydrogens (tertiary/aromatic N) is 5. The fraction of sp³-hybridized carbons (Fsp3) is 0.414. The van der Waals surface area contributed by atoms with Gasteiger partial charge in [0.25, 0.3) is 0 Å². The van der Waals surface area contributed by atoms with E-state index in [4.69, 9.17) is 4.98 Å². The van der Waals surface area contributed by atoms with Crippen LogP contribution in [0.4, 0.5) is 5.82 Å². The molecule has 2 fully saturated rings. The second-order valence-electron chi connectivity index (χ2n) is 10.2. The van der Waals surface area contributed by atoms with Crippen molar-refractivity contribution >= 4 is 27.4 Å². The standard InChI is InChI=1S/C29H33BrN6/c30-26-20-33-36-28(32-19-21-5-4-14-31-18-21)17-27(34-29(26)36)24-12-15-35(16-13-24)25-10-8-23(9-11-25)22-6-2-1-3-7-22/h1-7,14,17-18,20,23-25,32H,8-13,15-16,19H2. The Morgan fingerprint density at radius 1 is 0.889 bits per heavy atom. The van der Waals surface area contributed by atoms with Crippen molar-refractivity contribution in [2.24, 2.45) is 0 Å². The number of anilines is 1. The molecule has 0 radical (unpaired) electrons. The molecule has 3 aromatic heterocycles. The van der Waals surface area contributed by atoms with Gasteiger partial charge >= 0.3 is 0 Å². The largest absolute Gasteiger partial charge is 0.366 e. The summed E-state index contributed by atoms with van der Waals surface area (Å²) in [5.74, 6) is 2.20. The van der Waals surface area contributed by atoms with Crippen LogP contribution >= 0.6 is 15.9 Å². The molecule has 4 aromatic rings. The zero-order valence-electron chi connectivity index (χ0n) is 20.6. The summed E-state index contributed by atoms with van der Waals surface area (Å²) < 4.78 is 2.82. The maximum absolute atomic E-state index is 5.04. The van der Waals surface area contributed by atoms with Gasteiger partial charge in [-0.15, -0.1) is 0 Å². The molecule has 6 nitrogen and oxygen atoms in total. The number of fused-ring (bicyclic) bond motifs is 1. The first-order valence-electron chi connectivity index (χ1n) is 13.2. The van der Waals surface area contributed by atoms with Gasteiger partial charge in [-0.05, 0) is 90.7 Å². The summed E-state index contributed by atoms with van der Waals surface area (Å²) in [4.78, 5) is 12.0. The molecule has 4 heterocycles. The molecule has 36 heavy (non-hydrogen) atoms. The molecule has 2 aliphatic rings. The number of rotatable bonds is 6. The van der Waals surface area contributed by atoms with E-state index in [-0.39, 0.29) is 0 Å². The Hall–Kier alpha value is -2.77. The molecule has 1 N–H and O–H groups in total. The van der Waals surface area contributed by atoms with Gasteiger partial charge in [0, 0.05) is 42.7 Å². The third-order valence-electron chi connectivity index (χ3n) is 8.08. The first-order valence-corrected chi connectivity index (χ1v) is 14.0. The highest BCUT2D eigenvalue weighted by atomic mass is 79.9. The molecule has 7 heteroatoms. The Morgan fingerprint density at radius 3 is 2.44 bits per heavy atom. The second-order valence-corrected chi connectivity index (χ2v) is 11.1. The third kappa shape index (κ3) is 5.04. The van der Waals surface area contributed by atoms with Gasteiger partial charge < -0.3 is 10.2 Å². The van der Waals surface area contributed by atoms with Crippen LogP contribution in [-0.2, 0) is 6.54 Å². The van der Waals surface area contributed by atoms with Gasteiger partial charge in [0.2, 0.25) is 0 Å². The van der Waals surface area contributed by atoms with Crippen LogP contribution in [0.25, 0.3) is 5.65 Å². The molecule has 1 saturated carbocycles. The monoisotopic (exact) mass is 544 g/mol. The molecule has 1 aliphatic heterocycles. The molecule has 1 aromatic carbocycles. The molecule has 1 saturated heterocycles. The summed E-state index contributed by atoms with van der Waals surface area (Å²) in [6.07, 6.45) is 13.1. The summed E-state index contributed by atoms with van der Waals surface area (Å²) in [6, 6.07) is 18.1. The molecule has 0 amide bonds. The molecule has 0 spiro atoms. The van der Waals surface area contributed by atoms with Gasteiger partial charge in [-0.25, -0.2) is 4.98 Å². The van der Waals surface area contributed by atoms with Gasteiger partial charge in [-0.2, -0.15) is 9.61 Å². The van der Waals surface area contributed by atoms with Crippen LogP contribution in [-0.4, -0.2) is 43.6 Å². The number of nitrogens with one attached hydrogen (secondary N) is 1. The minimum absolute atomic E-state index is 0.479. The predicted molar refractivity (Wildman–Crippen MR) is 147 cm³/mol.